The molecule has 15 heavy (non-hydrogen) atoms. The summed E-state index contributed by atoms with van der Waals surface area (Å²) in [5.74, 6) is 0.443. The second kappa shape index (κ2) is 4.63. The highest BCUT2D eigenvalue weighted by Gasteiger charge is 2.08. The first-order valence-electron chi connectivity index (χ1n) is 4.50. The molecule has 1 N–H and O–H groups in total. The summed E-state index contributed by atoms with van der Waals surface area (Å²) in [4.78, 5) is 0.214. The van der Waals surface area contributed by atoms with E-state index < -0.39 is 15.9 Å². The van der Waals surface area contributed by atoms with Crippen molar-refractivity contribution < 1.29 is 18.3 Å². The van der Waals surface area contributed by atoms with Gasteiger partial charge in [-0.1, -0.05) is 6.07 Å². The molecule has 0 saturated carbocycles. The van der Waals surface area contributed by atoms with Gasteiger partial charge in [0, 0.05) is 6.26 Å². The lowest BCUT2D eigenvalue weighted by Gasteiger charge is -2.08. The monoisotopic (exact) mass is 230 g/mol. The highest BCUT2D eigenvalue weighted by molar-refractivity contribution is 7.90. The Morgan fingerprint density at radius 1 is 1.47 bits per heavy atom. The maximum atomic E-state index is 11.2. The Hall–Kier alpha value is -1.07. The van der Waals surface area contributed by atoms with Crippen LogP contribution >= 0.6 is 0 Å². The molecule has 0 aliphatic heterocycles. The molecule has 1 aromatic carbocycles. The molecule has 1 aromatic rings. The zero-order chi connectivity index (χ0) is 11.5. The minimum Gasteiger partial charge on any atom is -0.491 e. The molecule has 0 heterocycles. The van der Waals surface area contributed by atoms with Crippen molar-refractivity contribution in [3.8, 4) is 5.75 Å². The van der Waals surface area contributed by atoms with Gasteiger partial charge in [0.15, 0.2) is 9.84 Å². The van der Waals surface area contributed by atoms with Crippen LogP contribution in [0.3, 0.4) is 0 Å². The van der Waals surface area contributed by atoms with E-state index in [1.165, 1.54) is 12.1 Å². The van der Waals surface area contributed by atoms with E-state index in [0.29, 0.717) is 5.75 Å². The number of hydrogen-bond donors (Lipinski definition) is 1. The minimum absolute atomic E-state index is 0.146. The Bertz CT molecular complexity index is 423. The van der Waals surface area contributed by atoms with E-state index in [9.17, 15) is 8.42 Å². The highest BCUT2D eigenvalue weighted by Crippen LogP contribution is 2.17. The van der Waals surface area contributed by atoms with E-state index in [1.807, 2.05) is 0 Å². The van der Waals surface area contributed by atoms with E-state index in [4.69, 9.17) is 9.84 Å². The number of benzene rings is 1. The average Bonchev–Trinajstić information content (AvgIpc) is 2.14. The maximum Gasteiger partial charge on any atom is 0.175 e. The molecule has 0 aliphatic carbocycles. The van der Waals surface area contributed by atoms with Gasteiger partial charge < -0.3 is 9.84 Å². The van der Waals surface area contributed by atoms with Gasteiger partial charge in [-0.2, -0.15) is 0 Å². The molecule has 0 unspecified atom stereocenters. The number of ether oxygens (including phenoxy) is 1. The number of aliphatic hydroxyl groups excluding tert-OH is 1. The summed E-state index contributed by atoms with van der Waals surface area (Å²) >= 11 is 0. The van der Waals surface area contributed by atoms with Gasteiger partial charge in [0.1, 0.15) is 12.4 Å². The smallest absolute Gasteiger partial charge is 0.175 e. The van der Waals surface area contributed by atoms with Gasteiger partial charge in [0.25, 0.3) is 0 Å². The quantitative estimate of drug-likeness (QED) is 0.833. The SMILES string of the molecule is C[C@H](O)COc1cccc(S(C)(=O)=O)c1. The van der Waals surface area contributed by atoms with Gasteiger partial charge in [-0.15, -0.1) is 0 Å². The third kappa shape index (κ3) is 3.89. The van der Waals surface area contributed by atoms with E-state index in [0.717, 1.165) is 6.26 Å². The summed E-state index contributed by atoms with van der Waals surface area (Å²) in [6, 6.07) is 6.20. The van der Waals surface area contributed by atoms with Crippen molar-refractivity contribution in [2.45, 2.75) is 17.9 Å². The lowest BCUT2D eigenvalue weighted by atomic mass is 10.3. The summed E-state index contributed by atoms with van der Waals surface area (Å²) in [6.45, 7) is 1.74. The van der Waals surface area contributed by atoms with Crippen molar-refractivity contribution in [3.05, 3.63) is 24.3 Å². The molecule has 4 nitrogen and oxygen atoms in total. The predicted octanol–water partition coefficient (Wildman–Crippen LogP) is 0.850. The van der Waals surface area contributed by atoms with Gasteiger partial charge in [-0.25, -0.2) is 8.42 Å². The molecule has 0 amide bonds. The first-order valence-corrected chi connectivity index (χ1v) is 6.40. The molecular weight excluding hydrogens is 216 g/mol. The Morgan fingerprint density at radius 3 is 2.67 bits per heavy atom. The third-order valence-electron chi connectivity index (χ3n) is 1.72. The van der Waals surface area contributed by atoms with Crippen molar-refractivity contribution in [2.75, 3.05) is 12.9 Å². The minimum atomic E-state index is -3.21. The zero-order valence-electron chi connectivity index (χ0n) is 8.67. The fraction of sp³-hybridized carbons (Fsp3) is 0.400. The van der Waals surface area contributed by atoms with Crippen LogP contribution in [0.4, 0.5) is 0 Å². The molecule has 0 bridgehead atoms. The Balaban J connectivity index is 2.84. The summed E-state index contributed by atoms with van der Waals surface area (Å²) < 4.78 is 27.6. The van der Waals surface area contributed by atoms with Crippen LogP contribution in [0.1, 0.15) is 6.92 Å². The number of sulfone groups is 1. The van der Waals surface area contributed by atoms with Crippen molar-refractivity contribution in [2.24, 2.45) is 0 Å². The molecule has 1 rings (SSSR count). The molecule has 0 spiro atoms. The van der Waals surface area contributed by atoms with Gasteiger partial charge >= 0.3 is 0 Å². The van der Waals surface area contributed by atoms with Crippen LogP contribution in [0.25, 0.3) is 0 Å². The topological polar surface area (TPSA) is 63.6 Å². The van der Waals surface area contributed by atoms with E-state index in [-0.39, 0.29) is 11.5 Å². The molecule has 0 aromatic heterocycles. The van der Waals surface area contributed by atoms with Gasteiger partial charge in [0.2, 0.25) is 0 Å². The summed E-state index contributed by atoms with van der Waals surface area (Å²) in [6.07, 6.45) is 0.563. The van der Waals surface area contributed by atoms with Crippen LogP contribution in [0.15, 0.2) is 29.2 Å². The largest absolute Gasteiger partial charge is 0.491 e. The van der Waals surface area contributed by atoms with E-state index >= 15 is 0 Å². The Labute approximate surface area is 89.4 Å². The average molecular weight is 230 g/mol. The molecule has 5 heteroatoms. The zero-order valence-corrected chi connectivity index (χ0v) is 9.49. The maximum absolute atomic E-state index is 11.2. The summed E-state index contributed by atoms with van der Waals surface area (Å²) in [5, 5.41) is 9.00. The van der Waals surface area contributed by atoms with Gasteiger partial charge in [-0.3, -0.25) is 0 Å². The van der Waals surface area contributed by atoms with Crippen LogP contribution in [0.2, 0.25) is 0 Å². The van der Waals surface area contributed by atoms with Crippen molar-refractivity contribution >= 4 is 9.84 Å². The van der Waals surface area contributed by atoms with E-state index in [2.05, 4.69) is 0 Å². The van der Waals surface area contributed by atoms with Crippen LogP contribution < -0.4 is 4.74 Å². The van der Waals surface area contributed by atoms with Gasteiger partial charge in [-0.05, 0) is 25.1 Å². The highest BCUT2D eigenvalue weighted by atomic mass is 32.2. The molecule has 0 fully saturated rings. The molecule has 0 radical (unpaired) electrons. The first kappa shape index (κ1) is 12.0. The fourth-order valence-corrected chi connectivity index (χ4v) is 1.67. The number of aliphatic hydroxyl groups is 1. The first-order chi connectivity index (χ1) is 6.89. The van der Waals surface area contributed by atoms with Crippen LogP contribution in [-0.4, -0.2) is 32.5 Å². The van der Waals surface area contributed by atoms with Gasteiger partial charge in [0.05, 0.1) is 11.0 Å². The van der Waals surface area contributed by atoms with E-state index in [1.54, 1.807) is 19.1 Å². The number of rotatable bonds is 4. The Kier molecular flexibility index (Phi) is 3.71. The third-order valence-corrected chi connectivity index (χ3v) is 2.84. The fourth-order valence-electron chi connectivity index (χ4n) is 1.01. The second-order valence-corrected chi connectivity index (χ2v) is 5.42. The van der Waals surface area contributed by atoms with Crippen molar-refractivity contribution in [1.29, 1.82) is 0 Å². The summed E-state index contributed by atoms with van der Waals surface area (Å²) in [5.41, 5.74) is 0. The molecule has 84 valence electrons. The second-order valence-electron chi connectivity index (χ2n) is 3.41. The van der Waals surface area contributed by atoms with Crippen LogP contribution in [0, 0.1) is 0 Å². The Morgan fingerprint density at radius 2 is 2.13 bits per heavy atom. The van der Waals surface area contributed by atoms with Crippen LogP contribution in [0.5, 0.6) is 5.75 Å². The normalized spacial score (nSPS) is 13.5. The molecular formula is C10H14O4S. The van der Waals surface area contributed by atoms with Crippen LogP contribution in [-0.2, 0) is 9.84 Å². The lowest BCUT2D eigenvalue weighted by molar-refractivity contribution is 0.122. The predicted molar refractivity (Wildman–Crippen MR) is 56.7 cm³/mol. The van der Waals surface area contributed by atoms with Crippen molar-refractivity contribution in [3.63, 3.8) is 0 Å². The molecule has 0 aliphatic rings. The lowest BCUT2D eigenvalue weighted by Crippen LogP contribution is -2.12. The summed E-state index contributed by atoms with van der Waals surface area (Å²) in [7, 11) is -3.21. The number of hydrogen-bond acceptors (Lipinski definition) is 4. The van der Waals surface area contributed by atoms with Crippen molar-refractivity contribution in [1.82, 2.24) is 0 Å². The molecule has 1 atom stereocenters. The molecule has 0 saturated heterocycles. The standard InChI is InChI=1S/C10H14O4S/c1-8(11)7-14-9-4-3-5-10(6-9)15(2,12)13/h3-6,8,11H,7H2,1-2H3/t8-/m0/s1.